The molecule has 1 N–H and O–H groups in total. The van der Waals surface area contributed by atoms with Gasteiger partial charge in [-0.2, -0.15) is 5.10 Å². The normalized spacial score (nSPS) is 15.9. The molecule has 0 saturated carbocycles. The average molecular weight is 310 g/mol. The van der Waals surface area contributed by atoms with E-state index in [1.54, 1.807) is 0 Å². The van der Waals surface area contributed by atoms with Crippen LogP contribution in [0, 0.1) is 13.8 Å². The third-order valence-electron chi connectivity index (χ3n) is 4.01. The zero-order valence-corrected chi connectivity index (χ0v) is 13.2. The van der Waals surface area contributed by atoms with Crippen molar-refractivity contribution in [1.29, 1.82) is 0 Å². The summed E-state index contributed by atoms with van der Waals surface area (Å²) < 4.78 is 2.04. The van der Waals surface area contributed by atoms with Crippen molar-refractivity contribution in [3.63, 3.8) is 0 Å². The maximum atomic E-state index is 6.16. The second kappa shape index (κ2) is 4.89. The highest BCUT2D eigenvalue weighted by atomic mass is 35.5. The number of halogens is 1. The summed E-state index contributed by atoms with van der Waals surface area (Å²) in [6.45, 7) is 4.13. The summed E-state index contributed by atoms with van der Waals surface area (Å²) in [5.41, 5.74) is 6.81. The van der Waals surface area contributed by atoms with Gasteiger partial charge in [-0.05, 0) is 49.7 Å². The van der Waals surface area contributed by atoms with Crippen LogP contribution >= 0.6 is 11.6 Å². The van der Waals surface area contributed by atoms with E-state index in [-0.39, 0.29) is 6.17 Å². The summed E-state index contributed by atoms with van der Waals surface area (Å²) in [5, 5.41) is 8.99. The van der Waals surface area contributed by atoms with E-state index >= 15 is 0 Å². The van der Waals surface area contributed by atoms with Crippen molar-refractivity contribution in [2.45, 2.75) is 20.0 Å². The van der Waals surface area contributed by atoms with Gasteiger partial charge in [0.25, 0.3) is 0 Å². The van der Waals surface area contributed by atoms with E-state index in [1.807, 2.05) is 29.8 Å². The first-order valence-electron chi connectivity index (χ1n) is 7.31. The zero-order chi connectivity index (χ0) is 15.3. The number of hydrogen-bond donors (Lipinski definition) is 1. The van der Waals surface area contributed by atoms with Crippen LogP contribution in [0.1, 0.15) is 23.0 Å². The first-order valence-corrected chi connectivity index (χ1v) is 7.69. The number of benzene rings is 2. The number of rotatable bonds is 1. The van der Waals surface area contributed by atoms with Crippen LogP contribution in [0.3, 0.4) is 0 Å². The molecule has 0 bridgehead atoms. The minimum Gasteiger partial charge on any atom is -0.359 e. The molecular weight excluding hydrogens is 294 g/mol. The summed E-state index contributed by atoms with van der Waals surface area (Å²) in [7, 11) is 0. The van der Waals surface area contributed by atoms with Crippen LogP contribution < -0.4 is 5.32 Å². The van der Waals surface area contributed by atoms with E-state index in [2.05, 4.69) is 47.7 Å². The Morgan fingerprint density at radius 2 is 1.95 bits per heavy atom. The molecule has 0 amide bonds. The van der Waals surface area contributed by atoms with E-state index < -0.39 is 0 Å². The molecule has 0 radical (unpaired) electrons. The molecular formula is C18H16ClN3. The van der Waals surface area contributed by atoms with Crippen molar-refractivity contribution in [3.05, 3.63) is 70.4 Å². The molecule has 22 heavy (non-hydrogen) atoms. The van der Waals surface area contributed by atoms with Crippen molar-refractivity contribution in [3.8, 4) is 11.3 Å². The fourth-order valence-corrected chi connectivity index (χ4v) is 3.22. The first-order chi connectivity index (χ1) is 10.6. The molecule has 1 aliphatic rings. The fourth-order valence-electron chi connectivity index (χ4n) is 3.02. The van der Waals surface area contributed by atoms with Gasteiger partial charge in [-0.15, -0.1) is 0 Å². The number of hydrogen-bond acceptors (Lipinski definition) is 2. The van der Waals surface area contributed by atoms with Gasteiger partial charge in [-0.25, -0.2) is 4.68 Å². The molecule has 110 valence electrons. The number of anilines is 1. The number of nitrogens with zero attached hydrogens (tertiary/aromatic N) is 2. The van der Waals surface area contributed by atoms with Crippen molar-refractivity contribution in [1.82, 2.24) is 9.78 Å². The van der Waals surface area contributed by atoms with Crippen molar-refractivity contribution >= 4 is 17.3 Å². The van der Waals surface area contributed by atoms with E-state index in [0.29, 0.717) is 0 Å². The highest BCUT2D eigenvalue weighted by Crippen LogP contribution is 2.39. The molecule has 1 atom stereocenters. The van der Waals surface area contributed by atoms with Gasteiger partial charge in [-0.1, -0.05) is 35.4 Å². The molecule has 0 spiro atoms. The molecule has 0 aliphatic carbocycles. The maximum Gasteiger partial charge on any atom is 0.147 e. The van der Waals surface area contributed by atoms with Crippen molar-refractivity contribution in [2.24, 2.45) is 0 Å². The molecule has 1 unspecified atom stereocenters. The van der Waals surface area contributed by atoms with Gasteiger partial charge in [-0.3, -0.25) is 0 Å². The number of aromatic nitrogens is 2. The summed E-state index contributed by atoms with van der Waals surface area (Å²) >= 11 is 6.16. The number of fused-ring (bicyclic) bond motifs is 3. The molecule has 0 saturated heterocycles. The Kier molecular flexibility index (Phi) is 2.98. The van der Waals surface area contributed by atoms with Crippen molar-refractivity contribution in [2.75, 3.05) is 5.32 Å². The van der Waals surface area contributed by atoms with Gasteiger partial charge in [0.2, 0.25) is 0 Å². The minimum atomic E-state index is -0.0439. The monoisotopic (exact) mass is 309 g/mol. The van der Waals surface area contributed by atoms with Gasteiger partial charge in [0, 0.05) is 16.3 Å². The van der Waals surface area contributed by atoms with Gasteiger partial charge < -0.3 is 5.32 Å². The summed E-state index contributed by atoms with van der Waals surface area (Å²) in [5.74, 6) is 0. The van der Waals surface area contributed by atoms with Crippen LogP contribution in [0.15, 0.2) is 48.5 Å². The standard InChI is InChI=1S/C18H16ClN3/c1-11-6-7-16-15(8-11)17-9-12(2)21-22(17)18(20-16)13-4-3-5-14(19)10-13/h3-10,18,20H,1-2H3. The molecule has 3 aromatic rings. The fraction of sp³-hybridized carbons (Fsp3) is 0.167. The molecule has 1 aliphatic heterocycles. The lowest BCUT2D eigenvalue weighted by Crippen LogP contribution is -2.25. The largest absolute Gasteiger partial charge is 0.359 e. The molecule has 2 aromatic carbocycles. The van der Waals surface area contributed by atoms with Crippen LogP contribution in [0.4, 0.5) is 5.69 Å². The number of aryl methyl sites for hydroxylation is 2. The highest BCUT2D eigenvalue weighted by molar-refractivity contribution is 6.30. The molecule has 0 fully saturated rings. The third kappa shape index (κ3) is 2.09. The molecule has 4 heteroatoms. The van der Waals surface area contributed by atoms with Gasteiger partial charge in [0.15, 0.2) is 0 Å². The van der Waals surface area contributed by atoms with Crippen molar-refractivity contribution < 1.29 is 0 Å². The maximum absolute atomic E-state index is 6.16. The third-order valence-corrected chi connectivity index (χ3v) is 4.25. The predicted molar refractivity (Wildman–Crippen MR) is 90.4 cm³/mol. The highest BCUT2D eigenvalue weighted by Gasteiger charge is 2.26. The van der Waals surface area contributed by atoms with E-state index in [0.717, 1.165) is 27.7 Å². The summed E-state index contributed by atoms with van der Waals surface area (Å²) in [4.78, 5) is 0. The van der Waals surface area contributed by atoms with Crippen LogP contribution in [0.25, 0.3) is 11.3 Å². The van der Waals surface area contributed by atoms with Crippen LogP contribution in [0.2, 0.25) is 5.02 Å². The Labute approximate surface area is 134 Å². The molecule has 3 nitrogen and oxygen atoms in total. The van der Waals surface area contributed by atoms with E-state index in [9.17, 15) is 0 Å². The van der Waals surface area contributed by atoms with Gasteiger partial charge >= 0.3 is 0 Å². The number of nitrogens with one attached hydrogen (secondary N) is 1. The lowest BCUT2D eigenvalue weighted by molar-refractivity contribution is 0.571. The van der Waals surface area contributed by atoms with E-state index in [1.165, 1.54) is 11.1 Å². The minimum absolute atomic E-state index is 0.0439. The Balaban J connectivity index is 1.92. The van der Waals surface area contributed by atoms with Gasteiger partial charge in [0.05, 0.1) is 11.4 Å². The zero-order valence-electron chi connectivity index (χ0n) is 12.5. The predicted octanol–water partition coefficient (Wildman–Crippen LogP) is 4.79. The summed E-state index contributed by atoms with van der Waals surface area (Å²) in [6, 6.07) is 16.5. The Bertz CT molecular complexity index is 867. The molecule has 2 heterocycles. The first kappa shape index (κ1) is 13.4. The Morgan fingerprint density at radius 1 is 1.09 bits per heavy atom. The van der Waals surface area contributed by atoms with Crippen LogP contribution in [-0.2, 0) is 0 Å². The Hall–Kier alpha value is -2.26. The Morgan fingerprint density at radius 3 is 2.77 bits per heavy atom. The topological polar surface area (TPSA) is 29.9 Å². The molecule has 4 rings (SSSR count). The quantitative estimate of drug-likeness (QED) is 0.700. The summed E-state index contributed by atoms with van der Waals surface area (Å²) in [6.07, 6.45) is -0.0439. The van der Waals surface area contributed by atoms with Gasteiger partial charge in [0.1, 0.15) is 6.17 Å². The molecule has 1 aromatic heterocycles. The smallest absolute Gasteiger partial charge is 0.147 e. The second-order valence-corrected chi connectivity index (χ2v) is 6.20. The lowest BCUT2D eigenvalue weighted by Gasteiger charge is -2.29. The lowest BCUT2D eigenvalue weighted by atomic mass is 10.0. The second-order valence-electron chi connectivity index (χ2n) is 5.77. The van der Waals surface area contributed by atoms with Crippen LogP contribution in [0.5, 0.6) is 0 Å². The SMILES string of the molecule is Cc1ccc2c(c1)-c1cc(C)nn1C(c1cccc(Cl)c1)N2. The van der Waals surface area contributed by atoms with Crippen LogP contribution in [-0.4, -0.2) is 9.78 Å². The average Bonchev–Trinajstić information content (AvgIpc) is 2.88. The van der Waals surface area contributed by atoms with E-state index in [4.69, 9.17) is 11.6 Å².